The van der Waals surface area contributed by atoms with E-state index in [1.54, 1.807) is 13.8 Å². The molecule has 6 rings (SSSR count). The zero-order chi connectivity index (χ0) is 30.4. The van der Waals surface area contributed by atoms with Crippen LogP contribution in [0.15, 0.2) is 36.4 Å². The van der Waals surface area contributed by atoms with E-state index < -0.39 is 57.3 Å². The number of aryl methyl sites for hydroxylation is 2. The van der Waals surface area contributed by atoms with Crippen molar-refractivity contribution in [2.24, 2.45) is 0 Å². The van der Waals surface area contributed by atoms with E-state index in [0.29, 0.717) is 11.1 Å². The van der Waals surface area contributed by atoms with Gasteiger partial charge in [0, 0.05) is 33.9 Å². The highest BCUT2D eigenvalue weighted by atomic mass is 16.5. The van der Waals surface area contributed by atoms with E-state index in [4.69, 9.17) is 9.47 Å². The quantitative estimate of drug-likeness (QED) is 0.242. The van der Waals surface area contributed by atoms with Crippen molar-refractivity contribution in [1.82, 2.24) is 0 Å². The first-order chi connectivity index (χ1) is 19.9. The molecular weight excluding hydrogens is 544 g/mol. The number of fused-ring (bicyclic) bond motifs is 4. The maximum atomic E-state index is 14.0. The Morgan fingerprint density at radius 2 is 0.905 bits per heavy atom. The number of ketones is 4. The van der Waals surface area contributed by atoms with Crippen LogP contribution in [-0.4, -0.2) is 57.8 Å². The molecule has 0 unspecified atom stereocenters. The average Bonchev–Trinajstić information content (AvgIpc) is 2.93. The zero-order valence-corrected chi connectivity index (χ0v) is 22.7. The summed E-state index contributed by atoms with van der Waals surface area (Å²) < 4.78 is 11.0. The lowest BCUT2D eigenvalue weighted by molar-refractivity contribution is 0.0973. The van der Waals surface area contributed by atoms with Crippen molar-refractivity contribution in [1.29, 1.82) is 0 Å². The zero-order valence-electron chi connectivity index (χ0n) is 22.7. The number of ether oxygens (including phenoxy) is 2. The number of rotatable bonds is 3. The Morgan fingerprint density at radius 3 is 1.45 bits per heavy atom. The van der Waals surface area contributed by atoms with Crippen molar-refractivity contribution in [2.75, 3.05) is 14.2 Å². The Balaban J connectivity index is 1.72. The summed E-state index contributed by atoms with van der Waals surface area (Å²) in [6.07, 6.45) is 0. The Labute approximate surface area is 238 Å². The number of hydrogen-bond donors (Lipinski definition) is 4. The molecule has 4 aromatic carbocycles. The van der Waals surface area contributed by atoms with Gasteiger partial charge in [0.15, 0.2) is 11.6 Å². The van der Waals surface area contributed by atoms with Crippen molar-refractivity contribution in [3.63, 3.8) is 0 Å². The molecule has 0 heterocycles. The second-order valence-corrected chi connectivity index (χ2v) is 10.2. The van der Waals surface area contributed by atoms with Crippen molar-refractivity contribution in [3.8, 4) is 45.6 Å². The molecule has 0 radical (unpaired) electrons. The second-order valence-electron chi connectivity index (χ2n) is 10.2. The fourth-order valence-electron chi connectivity index (χ4n) is 5.87. The normalized spacial score (nSPS) is 13.3. The van der Waals surface area contributed by atoms with Gasteiger partial charge in [-0.2, -0.15) is 0 Å². The summed E-state index contributed by atoms with van der Waals surface area (Å²) in [6.45, 7) is 3.26. The average molecular weight is 567 g/mol. The highest BCUT2D eigenvalue weighted by Crippen LogP contribution is 2.53. The van der Waals surface area contributed by atoms with Gasteiger partial charge < -0.3 is 29.9 Å². The predicted octanol–water partition coefficient (Wildman–Crippen LogP) is 4.36. The summed E-state index contributed by atoms with van der Waals surface area (Å²) in [7, 11) is 2.48. The molecule has 2 aliphatic rings. The van der Waals surface area contributed by atoms with Gasteiger partial charge in [0.05, 0.1) is 42.0 Å². The number of carbonyl (C=O) groups excluding carboxylic acids is 4. The van der Waals surface area contributed by atoms with Crippen LogP contribution < -0.4 is 9.47 Å². The molecule has 0 atom stereocenters. The summed E-state index contributed by atoms with van der Waals surface area (Å²) in [5.74, 6) is -5.70. The monoisotopic (exact) mass is 566 g/mol. The molecule has 0 bridgehead atoms. The van der Waals surface area contributed by atoms with Crippen molar-refractivity contribution >= 4 is 23.1 Å². The Kier molecular flexibility index (Phi) is 5.65. The largest absolute Gasteiger partial charge is 0.507 e. The smallest absolute Gasteiger partial charge is 0.201 e. The molecule has 0 saturated heterocycles. The van der Waals surface area contributed by atoms with E-state index in [1.165, 1.54) is 44.6 Å². The molecule has 0 spiro atoms. The highest BCUT2D eigenvalue weighted by molar-refractivity contribution is 6.34. The Bertz CT molecular complexity index is 1980. The number of benzene rings is 4. The van der Waals surface area contributed by atoms with E-state index in [1.807, 2.05) is 0 Å². The van der Waals surface area contributed by atoms with E-state index >= 15 is 0 Å². The van der Waals surface area contributed by atoms with Crippen molar-refractivity contribution in [3.05, 3.63) is 92.0 Å². The minimum atomic E-state index is -0.851. The third-order valence-electron chi connectivity index (χ3n) is 7.62. The predicted molar refractivity (Wildman–Crippen MR) is 148 cm³/mol. The van der Waals surface area contributed by atoms with Crippen molar-refractivity contribution in [2.45, 2.75) is 13.8 Å². The van der Waals surface area contributed by atoms with Crippen LogP contribution in [0, 0.1) is 13.8 Å². The summed E-state index contributed by atoms with van der Waals surface area (Å²) in [4.78, 5) is 54.9. The molecule has 2 aliphatic carbocycles. The van der Waals surface area contributed by atoms with Gasteiger partial charge in [-0.1, -0.05) is 0 Å². The third kappa shape index (κ3) is 3.38. The van der Waals surface area contributed by atoms with Crippen LogP contribution in [0.5, 0.6) is 34.5 Å². The maximum absolute atomic E-state index is 14.0. The first-order valence-electron chi connectivity index (χ1n) is 12.6. The maximum Gasteiger partial charge on any atom is 0.201 e. The summed E-state index contributed by atoms with van der Waals surface area (Å²) in [5.41, 5.74) is -1.69. The molecule has 0 saturated carbocycles. The number of phenolic OH excluding ortho intramolecular Hbond substituents is 4. The van der Waals surface area contributed by atoms with Crippen molar-refractivity contribution < 1.29 is 49.1 Å². The lowest BCUT2D eigenvalue weighted by Crippen LogP contribution is -2.24. The van der Waals surface area contributed by atoms with Gasteiger partial charge >= 0.3 is 0 Å². The fraction of sp³-hybridized carbons (Fsp3) is 0.125. The van der Waals surface area contributed by atoms with Gasteiger partial charge in [-0.15, -0.1) is 0 Å². The van der Waals surface area contributed by atoms with Gasteiger partial charge in [0.25, 0.3) is 0 Å². The Hall–Kier alpha value is -5.64. The number of phenols is 4. The van der Waals surface area contributed by atoms with E-state index in [-0.39, 0.29) is 56.0 Å². The lowest BCUT2D eigenvalue weighted by atomic mass is 9.76. The van der Waals surface area contributed by atoms with Crippen LogP contribution in [0.2, 0.25) is 0 Å². The van der Waals surface area contributed by atoms with Gasteiger partial charge in [0.1, 0.15) is 34.5 Å². The van der Waals surface area contributed by atoms with Crippen LogP contribution in [0.1, 0.15) is 74.8 Å². The number of carbonyl (C=O) groups is 4. The van der Waals surface area contributed by atoms with Crippen LogP contribution in [0.4, 0.5) is 0 Å². The fourth-order valence-corrected chi connectivity index (χ4v) is 5.87. The third-order valence-corrected chi connectivity index (χ3v) is 7.62. The Morgan fingerprint density at radius 1 is 0.452 bits per heavy atom. The molecule has 10 nitrogen and oxygen atoms in total. The molecule has 0 aliphatic heterocycles. The number of methoxy groups -OCH3 is 2. The summed E-state index contributed by atoms with van der Waals surface area (Å²) >= 11 is 0. The molecule has 4 N–H and O–H groups in total. The van der Waals surface area contributed by atoms with Gasteiger partial charge in [-0.05, 0) is 55.3 Å². The minimum Gasteiger partial charge on any atom is -0.507 e. The first-order valence-corrected chi connectivity index (χ1v) is 12.6. The van der Waals surface area contributed by atoms with Crippen LogP contribution >= 0.6 is 0 Å². The van der Waals surface area contributed by atoms with E-state index in [2.05, 4.69) is 0 Å². The SMILES string of the molecule is COc1cc2c(c(O)c1-c1c(OC)cc(O)c3c1C(=O)c1cc(C)cc(O)c1C3=O)C(=O)c1c(O)cc(C)cc1C2=O. The topological polar surface area (TPSA) is 168 Å². The number of aromatic hydroxyl groups is 4. The summed E-state index contributed by atoms with van der Waals surface area (Å²) in [6, 6.07) is 7.77. The second kappa shape index (κ2) is 8.93. The molecule has 0 amide bonds. The van der Waals surface area contributed by atoms with Crippen LogP contribution in [-0.2, 0) is 0 Å². The number of hydrogen-bond acceptors (Lipinski definition) is 10. The van der Waals surface area contributed by atoms with Gasteiger partial charge in [-0.25, -0.2) is 0 Å². The molecule has 0 fully saturated rings. The lowest BCUT2D eigenvalue weighted by Gasteiger charge is -2.27. The summed E-state index contributed by atoms with van der Waals surface area (Å²) in [5, 5.41) is 43.7. The standard InChI is InChI=1S/C32H22O10/c1-11-5-13-21(16(33)7-11)30(38)23-15(28(13)36)9-19(41-3)26(32(23)40)25-20(42-4)10-18(35)24-27(25)29(37)14-6-12(2)8-17(34)22(14)31(24)39/h5-10,33-35,40H,1-4H3. The first kappa shape index (κ1) is 26.6. The molecule has 4 aromatic rings. The van der Waals surface area contributed by atoms with Gasteiger partial charge in [0.2, 0.25) is 11.6 Å². The molecule has 10 heteroatoms. The molecule has 0 aromatic heterocycles. The molecular formula is C32H22O10. The minimum absolute atomic E-state index is 0.0497. The van der Waals surface area contributed by atoms with E-state index in [0.717, 1.165) is 6.07 Å². The van der Waals surface area contributed by atoms with E-state index in [9.17, 15) is 39.6 Å². The van der Waals surface area contributed by atoms with Gasteiger partial charge in [-0.3, -0.25) is 19.2 Å². The molecule has 42 heavy (non-hydrogen) atoms. The highest BCUT2D eigenvalue weighted by Gasteiger charge is 2.42. The van der Waals surface area contributed by atoms with Crippen LogP contribution in [0.3, 0.4) is 0 Å². The molecule has 210 valence electrons. The van der Waals surface area contributed by atoms with Crippen LogP contribution in [0.25, 0.3) is 11.1 Å².